The predicted molar refractivity (Wildman–Crippen MR) is 110 cm³/mol. The van der Waals surface area contributed by atoms with Gasteiger partial charge in [0.1, 0.15) is 0 Å². The van der Waals surface area contributed by atoms with E-state index in [0.717, 1.165) is 35.3 Å². The lowest BCUT2D eigenvalue weighted by Crippen LogP contribution is -2.02. The molecule has 0 aromatic heterocycles. The molecule has 1 unspecified atom stereocenters. The van der Waals surface area contributed by atoms with Crippen LogP contribution < -0.4 is 5.73 Å². The zero-order valence-corrected chi connectivity index (χ0v) is 15.9. The van der Waals surface area contributed by atoms with E-state index >= 15 is 0 Å². The molecular weight excluding hydrogens is 302 g/mol. The third-order valence-corrected chi connectivity index (χ3v) is 4.42. The van der Waals surface area contributed by atoms with Crippen LogP contribution in [0.5, 0.6) is 0 Å². The standard InChI is InChI=1S/C24H29N/c1-6-23(24(17(2)3)19(5)25)22-14-12-21(13-15-22)16-20-9-7-8-18(4)10-11-20/h6-7,9-10,12-15,18H,2,8,16,25H2,1,3-5H3/b23-6-,24-19-. The second-order valence-electron chi connectivity index (χ2n) is 6.87. The van der Waals surface area contributed by atoms with Gasteiger partial charge < -0.3 is 5.73 Å². The first kappa shape index (κ1) is 18.8. The summed E-state index contributed by atoms with van der Waals surface area (Å²) in [7, 11) is 0. The molecule has 1 atom stereocenters. The fourth-order valence-electron chi connectivity index (χ4n) is 3.16. The lowest BCUT2D eigenvalue weighted by molar-refractivity contribution is 0.748. The molecule has 1 aliphatic carbocycles. The van der Waals surface area contributed by atoms with E-state index in [2.05, 4.69) is 67.8 Å². The van der Waals surface area contributed by atoms with E-state index in [1.807, 2.05) is 20.8 Å². The summed E-state index contributed by atoms with van der Waals surface area (Å²) in [5.74, 6) is 0.570. The molecule has 1 heteroatoms. The van der Waals surface area contributed by atoms with Crippen LogP contribution in [0.3, 0.4) is 0 Å². The van der Waals surface area contributed by atoms with E-state index < -0.39 is 0 Å². The highest BCUT2D eigenvalue weighted by molar-refractivity contribution is 5.83. The Labute approximate surface area is 152 Å². The Hall–Kier alpha value is -2.50. The van der Waals surface area contributed by atoms with Gasteiger partial charge in [0, 0.05) is 17.7 Å². The first-order valence-corrected chi connectivity index (χ1v) is 8.92. The summed E-state index contributed by atoms with van der Waals surface area (Å²) in [6.45, 7) is 12.3. The van der Waals surface area contributed by atoms with Crippen LogP contribution in [-0.2, 0) is 6.42 Å². The molecule has 2 N–H and O–H groups in total. The van der Waals surface area contributed by atoms with Gasteiger partial charge in [0.05, 0.1) is 0 Å². The molecule has 0 bridgehead atoms. The molecule has 0 spiro atoms. The Morgan fingerprint density at radius 3 is 2.52 bits per heavy atom. The molecule has 0 saturated heterocycles. The van der Waals surface area contributed by atoms with Gasteiger partial charge in [0.15, 0.2) is 0 Å². The van der Waals surface area contributed by atoms with Gasteiger partial charge in [-0.05, 0) is 67.0 Å². The van der Waals surface area contributed by atoms with Crippen LogP contribution in [-0.4, -0.2) is 0 Å². The van der Waals surface area contributed by atoms with Gasteiger partial charge in [-0.25, -0.2) is 0 Å². The number of allylic oxidation sites excluding steroid dienone is 8. The van der Waals surface area contributed by atoms with E-state index in [1.54, 1.807) is 0 Å². The molecule has 2 rings (SSSR count). The van der Waals surface area contributed by atoms with E-state index in [9.17, 15) is 0 Å². The van der Waals surface area contributed by atoms with Crippen molar-refractivity contribution in [2.24, 2.45) is 11.7 Å². The SMILES string of the molecule is C=C(C)C(/C(=C\C)c1ccc(CC2=C=CC(C)CC=C2)cc1)=C(\C)N. The van der Waals surface area contributed by atoms with Crippen molar-refractivity contribution in [1.29, 1.82) is 0 Å². The second-order valence-corrected chi connectivity index (χ2v) is 6.87. The Bertz CT molecular complexity index is 787. The molecule has 1 aromatic rings. The van der Waals surface area contributed by atoms with E-state index in [0.29, 0.717) is 5.92 Å². The van der Waals surface area contributed by atoms with Crippen LogP contribution in [0.15, 0.2) is 83.3 Å². The number of hydrogen-bond acceptors (Lipinski definition) is 1. The summed E-state index contributed by atoms with van der Waals surface area (Å²) in [6, 6.07) is 8.73. The van der Waals surface area contributed by atoms with E-state index in [4.69, 9.17) is 5.73 Å². The van der Waals surface area contributed by atoms with Gasteiger partial charge in [0.25, 0.3) is 0 Å². The number of hydrogen-bond donors (Lipinski definition) is 1. The van der Waals surface area contributed by atoms with Crippen molar-refractivity contribution in [2.45, 2.75) is 40.5 Å². The summed E-state index contributed by atoms with van der Waals surface area (Å²) >= 11 is 0. The first-order chi connectivity index (χ1) is 11.9. The van der Waals surface area contributed by atoms with Crippen molar-refractivity contribution in [3.8, 4) is 0 Å². The van der Waals surface area contributed by atoms with Crippen molar-refractivity contribution in [1.82, 2.24) is 0 Å². The zero-order valence-electron chi connectivity index (χ0n) is 15.9. The van der Waals surface area contributed by atoms with Crippen LogP contribution in [0.4, 0.5) is 0 Å². The smallest absolute Gasteiger partial charge is 0.0131 e. The lowest BCUT2D eigenvalue weighted by atomic mass is 9.91. The highest BCUT2D eigenvalue weighted by Crippen LogP contribution is 2.29. The predicted octanol–water partition coefficient (Wildman–Crippen LogP) is 6.12. The van der Waals surface area contributed by atoms with Gasteiger partial charge in [-0.1, -0.05) is 56.0 Å². The fourth-order valence-corrected chi connectivity index (χ4v) is 3.16. The van der Waals surface area contributed by atoms with Gasteiger partial charge in [-0.3, -0.25) is 0 Å². The molecule has 0 fully saturated rings. The minimum absolute atomic E-state index is 0.570. The Balaban J connectivity index is 2.26. The summed E-state index contributed by atoms with van der Waals surface area (Å²) in [4.78, 5) is 0. The molecule has 0 radical (unpaired) electrons. The maximum atomic E-state index is 6.09. The van der Waals surface area contributed by atoms with Gasteiger partial charge in [-0.15, -0.1) is 5.73 Å². The first-order valence-electron chi connectivity index (χ1n) is 8.92. The van der Waals surface area contributed by atoms with Crippen LogP contribution in [0.25, 0.3) is 5.57 Å². The van der Waals surface area contributed by atoms with Gasteiger partial charge >= 0.3 is 0 Å². The highest BCUT2D eigenvalue weighted by Gasteiger charge is 2.11. The normalized spacial score (nSPS) is 18.5. The summed E-state index contributed by atoms with van der Waals surface area (Å²) in [5, 5.41) is 0. The molecule has 130 valence electrons. The Morgan fingerprint density at radius 2 is 1.96 bits per heavy atom. The summed E-state index contributed by atoms with van der Waals surface area (Å²) in [6.07, 6.45) is 10.7. The molecule has 0 amide bonds. The van der Waals surface area contributed by atoms with Crippen LogP contribution in [0.1, 0.15) is 45.2 Å². The molecular formula is C24H29N. The minimum atomic E-state index is 0.570. The average Bonchev–Trinajstić information content (AvgIpc) is 2.77. The molecule has 0 saturated carbocycles. The topological polar surface area (TPSA) is 26.0 Å². The van der Waals surface area contributed by atoms with Crippen molar-refractivity contribution in [3.05, 3.63) is 94.4 Å². The number of rotatable bonds is 5. The van der Waals surface area contributed by atoms with Crippen LogP contribution >= 0.6 is 0 Å². The van der Waals surface area contributed by atoms with E-state index in [-0.39, 0.29) is 0 Å². The molecule has 1 aromatic carbocycles. The quantitative estimate of drug-likeness (QED) is 0.510. The highest BCUT2D eigenvalue weighted by atomic mass is 14.6. The molecule has 1 aliphatic rings. The van der Waals surface area contributed by atoms with Crippen LogP contribution in [0, 0.1) is 5.92 Å². The van der Waals surface area contributed by atoms with Crippen molar-refractivity contribution >= 4 is 5.57 Å². The third-order valence-electron chi connectivity index (χ3n) is 4.42. The van der Waals surface area contributed by atoms with Crippen molar-refractivity contribution in [3.63, 3.8) is 0 Å². The van der Waals surface area contributed by atoms with Gasteiger partial charge in [-0.2, -0.15) is 0 Å². The van der Waals surface area contributed by atoms with Gasteiger partial charge in [0.2, 0.25) is 0 Å². The largest absolute Gasteiger partial charge is 0.402 e. The molecule has 0 aliphatic heterocycles. The van der Waals surface area contributed by atoms with Crippen molar-refractivity contribution < 1.29 is 0 Å². The number of nitrogens with two attached hydrogens (primary N) is 1. The Morgan fingerprint density at radius 1 is 1.28 bits per heavy atom. The average molecular weight is 332 g/mol. The summed E-state index contributed by atoms with van der Waals surface area (Å²) in [5.41, 5.74) is 17.2. The minimum Gasteiger partial charge on any atom is -0.402 e. The monoisotopic (exact) mass is 331 g/mol. The summed E-state index contributed by atoms with van der Waals surface area (Å²) < 4.78 is 0. The van der Waals surface area contributed by atoms with E-state index in [1.165, 1.54) is 16.7 Å². The molecule has 0 heterocycles. The number of benzene rings is 1. The van der Waals surface area contributed by atoms with Crippen molar-refractivity contribution in [2.75, 3.05) is 0 Å². The third kappa shape index (κ3) is 4.98. The zero-order chi connectivity index (χ0) is 18.4. The van der Waals surface area contributed by atoms with Crippen LogP contribution in [0.2, 0.25) is 0 Å². The lowest BCUT2D eigenvalue weighted by Gasteiger charge is -2.15. The Kier molecular flexibility index (Phi) is 6.44. The maximum Gasteiger partial charge on any atom is 0.0131 e. The molecule has 25 heavy (non-hydrogen) atoms. The second kappa shape index (κ2) is 8.55. The maximum absolute atomic E-state index is 6.09. The fraction of sp³-hybridized carbons (Fsp3) is 0.292. The molecule has 1 nitrogen and oxygen atoms in total.